The van der Waals surface area contributed by atoms with Crippen molar-refractivity contribution in [2.24, 2.45) is 5.41 Å². The monoisotopic (exact) mass is 394 g/mol. The number of amides is 2. The quantitative estimate of drug-likeness (QED) is 0.848. The number of carbonyl (C=O) groups excluding carboxylic acids is 2. The Morgan fingerprint density at radius 2 is 1.66 bits per heavy atom. The van der Waals surface area contributed by atoms with E-state index in [1.807, 2.05) is 74.2 Å². The number of methoxy groups -OCH3 is 1. The first-order valence-corrected chi connectivity index (χ1v) is 10.1. The van der Waals surface area contributed by atoms with Crippen molar-refractivity contribution in [2.75, 3.05) is 20.2 Å². The summed E-state index contributed by atoms with van der Waals surface area (Å²) in [6.45, 7) is 7.06. The second-order valence-electron chi connectivity index (χ2n) is 8.60. The molecule has 0 bridgehead atoms. The average Bonchev–Trinajstić information content (AvgIpc) is 2.73. The smallest absolute Gasteiger partial charge is 0.253 e. The number of nitrogens with one attached hydrogen (secondary N) is 1. The summed E-state index contributed by atoms with van der Waals surface area (Å²) in [7, 11) is 1.65. The lowest BCUT2D eigenvalue weighted by Gasteiger charge is -2.33. The largest absolute Gasteiger partial charge is 0.497 e. The molecule has 154 valence electrons. The first kappa shape index (κ1) is 20.9. The predicted octanol–water partition coefficient (Wildman–Crippen LogP) is 4.13. The Morgan fingerprint density at radius 1 is 1.00 bits per heavy atom. The van der Waals surface area contributed by atoms with E-state index in [1.165, 1.54) is 0 Å². The zero-order valence-electron chi connectivity index (χ0n) is 17.7. The molecule has 2 aromatic rings. The fourth-order valence-electron chi connectivity index (χ4n) is 3.42. The number of ether oxygens (including phenoxy) is 1. The van der Waals surface area contributed by atoms with Crippen LogP contribution < -0.4 is 10.1 Å². The standard InChI is InChI=1S/C24H30N2O3/c1-24(2,3)23(28)25-20-12-14-26(15-13-20)22(27)18-10-8-17(9-11-18)19-6-5-7-21(16-19)29-4/h5-11,16,20H,12-15H2,1-4H3,(H,25,28). The fraction of sp³-hybridized carbons (Fsp3) is 0.417. The van der Waals surface area contributed by atoms with Crippen molar-refractivity contribution in [2.45, 2.75) is 39.7 Å². The molecule has 0 saturated carbocycles. The van der Waals surface area contributed by atoms with E-state index in [1.54, 1.807) is 7.11 Å². The fourth-order valence-corrected chi connectivity index (χ4v) is 3.42. The van der Waals surface area contributed by atoms with Crippen LogP contribution in [0.25, 0.3) is 11.1 Å². The number of benzene rings is 2. The average molecular weight is 395 g/mol. The van der Waals surface area contributed by atoms with E-state index in [9.17, 15) is 9.59 Å². The lowest BCUT2D eigenvalue weighted by atomic mass is 9.94. The van der Waals surface area contributed by atoms with Gasteiger partial charge in [-0.15, -0.1) is 0 Å². The maximum atomic E-state index is 12.9. The van der Waals surface area contributed by atoms with Gasteiger partial charge in [0.25, 0.3) is 5.91 Å². The highest BCUT2D eigenvalue weighted by atomic mass is 16.5. The highest BCUT2D eigenvalue weighted by molar-refractivity contribution is 5.94. The van der Waals surface area contributed by atoms with E-state index >= 15 is 0 Å². The van der Waals surface area contributed by atoms with Crippen molar-refractivity contribution in [1.29, 1.82) is 0 Å². The molecular formula is C24H30N2O3. The van der Waals surface area contributed by atoms with Gasteiger partial charge in [0.1, 0.15) is 5.75 Å². The number of hydrogen-bond acceptors (Lipinski definition) is 3. The maximum Gasteiger partial charge on any atom is 0.253 e. The molecule has 2 aromatic carbocycles. The van der Waals surface area contributed by atoms with Gasteiger partial charge in [-0.2, -0.15) is 0 Å². The molecule has 5 heteroatoms. The van der Waals surface area contributed by atoms with Gasteiger partial charge in [0, 0.05) is 30.1 Å². The molecule has 1 aliphatic heterocycles. The second kappa shape index (κ2) is 8.68. The SMILES string of the molecule is COc1cccc(-c2ccc(C(=O)N3CCC(NC(=O)C(C)(C)C)CC3)cc2)c1. The molecule has 2 amide bonds. The lowest BCUT2D eigenvalue weighted by molar-refractivity contribution is -0.129. The van der Waals surface area contributed by atoms with E-state index in [2.05, 4.69) is 5.32 Å². The third kappa shape index (κ3) is 5.17. The van der Waals surface area contributed by atoms with E-state index in [4.69, 9.17) is 4.74 Å². The zero-order valence-corrected chi connectivity index (χ0v) is 17.7. The van der Waals surface area contributed by atoms with Crippen molar-refractivity contribution >= 4 is 11.8 Å². The zero-order chi connectivity index (χ0) is 21.0. The summed E-state index contributed by atoms with van der Waals surface area (Å²) in [5, 5.41) is 3.11. The van der Waals surface area contributed by atoms with E-state index in [0.717, 1.165) is 29.7 Å². The minimum absolute atomic E-state index is 0.0443. The highest BCUT2D eigenvalue weighted by Gasteiger charge is 2.28. The maximum absolute atomic E-state index is 12.9. The summed E-state index contributed by atoms with van der Waals surface area (Å²) in [5.41, 5.74) is 2.40. The Balaban J connectivity index is 1.59. The van der Waals surface area contributed by atoms with Crippen LogP contribution in [0, 0.1) is 5.41 Å². The van der Waals surface area contributed by atoms with E-state index in [-0.39, 0.29) is 17.9 Å². The van der Waals surface area contributed by atoms with Crippen LogP contribution in [-0.4, -0.2) is 43.0 Å². The molecule has 0 atom stereocenters. The van der Waals surface area contributed by atoms with Gasteiger partial charge < -0.3 is 15.0 Å². The van der Waals surface area contributed by atoms with Crippen molar-refractivity contribution in [3.63, 3.8) is 0 Å². The lowest BCUT2D eigenvalue weighted by Crippen LogP contribution is -2.49. The minimum Gasteiger partial charge on any atom is -0.497 e. The van der Waals surface area contributed by atoms with Crippen molar-refractivity contribution < 1.29 is 14.3 Å². The molecule has 29 heavy (non-hydrogen) atoms. The predicted molar refractivity (Wildman–Crippen MR) is 115 cm³/mol. The third-order valence-corrected chi connectivity index (χ3v) is 5.33. The first-order valence-electron chi connectivity index (χ1n) is 10.1. The van der Waals surface area contributed by atoms with Crippen LogP contribution in [0.1, 0.15) is 44.0 Å². The number of nitrogens with zero attached hydrogens (tertiary/aromatic N) is 1. The van der Waals surface area contributed by atoms with Crippen LogP contribution in [0.15, 0.2) is 48.5 Å². The van der Waals surface area contributed by atoms with Crippen molar-refractivity contribution in [3.05, 3.63) is 54.1 Å². The molecule has 0 spiro atoms. The molecule has 1 saturated heterocycles. The van der Waals surface area contributed by atoms with Crippen LogP contribution in [0.2, 0.25) is 0 Å². The Morgan fingerprint density at radius 3 is 2.24 bits per heavy atom. The first-order chi connectivity index (χ1) is 13.8. The normalized spacial score (nSPS) is 15.1. The Hall–Kier alpha value is -2.82. The summed E-state index contributed by atoms with van der Waals surface area (Å²) >= 11 is 0. The topological polar surface area (TPSA) is 58.6 Å². The molecule has 1 fully saturated rings. The van der Waals surface area contributed by atoms with Gasteiger partial charge in [-0.1, -0.05) is 45.0 Å². The summed E-state index contributed by atoms with van der Waals surface area (Å²) in [4.78, 5) is 26.9. The van der Waals surface area contributed by atoms with Crippen LogP contribution in [-0.2, 0) is 4.79 Å². The third-order valence-electron chi connectivity index (χ3n) is 5.33. The summed E-state index contributed by atoms with van der Waals surface area (Å²) in [6, 6.07) is 15.7. The molecule has 1 aliphatic rings. The van der Waals surface area contributed by atoms with Gasteiger partial charge in [-0.05, 0) is 48.2 Å². The number of piperidine rings is 1. The molecule has 0 radical (unpaired) electrons. The van der Waals surface area contributed by atoms with Crippen LogP contribution in [0.4, 0.5) is 0 Å². The van der Waals surface area contributed by atoms with E-state index < -0.39 is 5.41 Å². The van der Waals surface area contributed by atoms with Gasteiger partial charge in [-0.25, -0.2) is 0 Å². The number of likely N-dealkylation sites (tertiary alicyclic amines) is 1. The van der Waals surface area contributed by atoms with Gasteiger partial charge in [0.05, 0.1) is 7.11 Å². The molecular weight excluding hydrogens is 364 g/mol. The van der Waals surface area contributed by atoms with Crippen LogP contribution in [0.5, 0.6) is 5.75 Å². The van der Waals surface area contributed by atoms with Gasteiger partial charge in [0.2, 0.25) is 5.91 Å². The van der Waals surface area contributed by atoms with Crippen LogP contribution in [0.3, 0.4) is 0 Å². The van der Waals surface area contributed by atoms with Crippen molar-refractivity contribution in [1.82, 2.24) is 10.2 Å². The van der Waals surface area contributed by atoms with Gasteiger partial charge in [-0.3, -0.25) is 9.59 Å². The number of hydrogen-bond donors (Lipinski definition) is 1. The summed E-state index contributed by atoms with van der Waals surface area (Å²) in [5.74, 6) is 0.919. The molecule has 5 nitrogen and oxygen atoms in total. The van der Waals surface area contributed by atoms with Crippen molar-refractivity contribution in [3.8, 4) is 16.9 Å². The Kier molecular flexibility index (Phi) is 6.26. The number of rotatable bonds is 4. The van der Waals surface area contributed by atoms with Gasteiger partial charge in [0.15, 0.2) is 0 Å². The van der Waals surface area contributed by atoms with Crippen LogP contribution >= 0.6 is 0 Å². The second-order valence-corrected chi connectivity index (χ2v) is 8.60. The van der Waals surface area contributed by atoms with Gasteiger partial charge >= 0.3 is 0 Å². The number of carbonyl (C=O) groups is 2. The molecule has 1 heterocycles. The summed E-state index contributed by atoms with van der Waals surface area (Å²) < 4.78 is 5.28. The molecule has 0 aliphatic carbocycles. The molecule has 3 rings (SSSR count). The Bertz CT molecular complexity index is 860. The highest BCUT2D eigenvalue weighted by Crippen LogP contribution is 2.25. The Labute approximate surface area is 173 Å². The summed E-state index contributed by atoms with van der Waals surface area (Å²) in [6.07, 6.45) is 1.57. The molecule has 1 N–H and O–H groups in total. The molecule has 0 aromatic heterocycles. The van der Waals surface area contributed by atoms with E-state index in [0.29, 0.717) is 18.7 Å². The minimum atomic E-state index is -0.391. The molecule has 0 unspecified atom stereocenters.